The number of ether oxygens (including phenoxy) is 1. The highest BCUT2D eigenvalue weighted by molar-refractivity contribution is 7.11. The van der Waals surface area contributed by atoms with Crippen LogP contribution in [0.5, 0.6) is 0 Å². The van der Waals surface area contributed by atoms with Crippen LogP contribution < -0.4 is 5.32 Å². The number of thiazole rings is 1. The average Bonchev–Trinajstić information content (AvgIpc) is 3.27. The molecule has 0 bridgehead atoms. The number of rotatable bonds is 6. The van der Waals surface area contributed by atoms with E-state index in [2.05, 4.69) is 15.3 Å². The standard InChI is InChI=1S/C22H23ClF2N4O3S/c1-2-32-22(31)18-17(11-29-9-13(25)7-14(30)10-29)27-20(21-26-5-6-33-21)28-19(18)15-4-3-12(24)8-16(15)23/h3-6,8,13-14,19,30H,2,7,9-11H2,1H3,(H,27,28)/t13?,14?,19-/m0/s1. The van der Waals surface area contributed by atoms with Gasteiger partial charge in [-0.2, -0.15) is 0 Å². The van der Waals surface area contributed by atoms with Crippen LogP contribution in [-0.2, 0) is 9.53 Å². The first-order valence-electron chi connectivity index (χ1n) is 10.5. The maximum absolute atomic E-state index is 14.1. The highest BCUT2D eigenvalue weighted by atomic mass is 35.5. The van der Waals surface area contributed by atoms with Gasteiger partial charge in [0.15, 0.2) is 10.8 Å². The highest BCUT2D eigenvalue weighted by Gasteiger charge is 2.36. The summed E-state index contributed by atoms with van der Waals surface area (Å²) in [4.78, 5) is 23.8. The molecule has 2 aliphatic rings. The normalized spacial score (nSPS) is 23.8. The quantitative estimate of drug-likeness (QED) is 0.597. The number of aliphatic imine (C=N–C) groups is 1. The Morgan fingerprint density at radius 3 is 2.91 bits per heavy atom. The monoisotopic (exact) mass is 496 g/mol. The molecule has 0 radical (unpaired) electrons. The molecule has 1 fully saturated rings. The summed E-state index contributed by atoms with van der Waals surface area (Å²) in [6.07, 6.45) is -0.284. The predicted molar refractivity (Wildman–Crippen MR) is 122 cm³/mol. The van der Waals surface area contributed by atoms with E-state index in [4.69, 9.17) is 16.3 Å². The van der Waals surface area contributed by atoms with E-state index in [-0.39, 0.29) is 43.3 Å². The molecule has 1 aromatic heterocycles. The van der Waals surface area contributed by atoms with E-state index in [1.165, 1.54) is 23.5 Å². The smallest absolute Gasteiger partial charge is 0.338 e. The molecule has 11 heteroatoms. The zero-order valence-corrected chi connectivity index (χ0v) is 19.4. The molecule has 7 nitrogen and oxygen atoms in total. The Bertz CT molecular complexity index is 1070. The minimum Gasteiger partial charge on any atom is -0.463 e. The number of esters is 1. The number of β-amino-alcohol motifs (C(OH)–C–C–N with tert-alkyl or cyclic N) is 1. The third-order valence-electron chi connectivity index (χ3n) is 5.35. The molecule has 3 atom stereocenters. The molecule has 4 rings (SSSR count). The van der Waals surface area contributed by atoms with Gasteiger partial charge >= 0.3 is 5.97 Å². The summed E-state index contributed by atoms with van der Waals surface area (Å²) in [6.45, 7) is 2.34. The fraction of sp³-hybridized carbons (Fsp3) is 0.409. The maximum atomic E-state index is 14.1. The van der Waals surface area contributed by atoms with Crippen LogP contribution >= 0.6 is 22.9 Å². The Morgan fingerprint density at radius 2 is 2.24 bits per heavy atom. The number of benzene rings is 1. The third kappa shape index (κ3) is 5.40. The number of hydrogen-bond acceptors (Lipinski definition) is 8. The summed E-state index contributed by atoms with van der Waals surface area (Å²) in [6, 6.07) is 3.01. The van der Waals surface area contributed by atoms with Gasteiger partial charge in [0.2, 0.25) is 0 Å². The van der Waals surface area contributed by atoms with Crippen LogP contribution in [0.15, 0.2) is 46.0 Å². The molecule has 2 unspecified atom stereocenters. The lowest BCUT2D eigenvalue weighted by molar-refractivity contribution is -0.139. The number of amidine groups is 1. The van der Waals surface area contributed by atoms with Gasteiger partial charge < -0.3 is 15.2 Å². The minimum absolute atomic E-state index is 0.0767. The molecule has 0 saturated carbocycles. The molecule has 2 aromatic rings. The fourth-order valence-corrected chi connectivity index (χ4v) is 4.87. The lowest BCUT2D eigenvalue weighted by Gasteiger charge is -2.35. The number of likely N-dealkylation sites (tertiary alicyclic amines) is 1. The van der Waals surface area contributed by atoms with Crippen LogP contribution in [0.25, 0.3) is 0 Å². The predicted octanol–water partition coefficient (Wildman–Crippen LogP) is 3.25. The molecular formula is C22H23ClF2N4O3S. The second-order valence-electron chi connectivity index (χ2n) is 7.80. The van der Waals surface area contributed by atoms with Crippen molar-refractivity contribution in [2.24, 2.45) is 4.99 Å². The topological polar surface area (TPSA) is 87.0 Å². The zero-order valence-electron chi connectivity index (χ0n) is 17.8. The van der Waals surface area contributed by atoms with Crippen molar-refractivity contribution in [2.75, 3.05) is 26.2 Å². The molecule has 0 aliphatic carbocycles. The molecule has 2 aliphatic heterocycles. The van der Waals surface area contributed by atoms with Gasteiger partial charge in [-0.05, 0) is 19.1 Å². The second-order valence-corrected chi connectivity index (χ2v) is 9.10. The fourth-order valence-electron chi connectivity index (χ4n) is 4.02. The summed E-state index contributed by atoms with van der Waals surface area (Å²) < 4.78 is 33.2. The molecule has 2 N–H and O–H groups in total. The van der Waals surface area contributed by atoms with Crippen LogP contribution in [0.1, 0.15) is 30.0 Å². The molecule has 176 valence electrons. The summed E-state index contributed by atoms with van der Waals surface area (Å²) in [5.74, 6) is -0.713. The number of aromatic nitrogens is 1. The zero-order chi connectivity index (χ0) is 23.5. The third-order valence-corrected chi connectivity index (χ3v) is 6.46. The molecule has 33 heavy (non-hydrogen) atoms. The van der Waals surface area contributed by atoms with Crippen molar-refractivity contribution in [2.45, 2.75) is 31.7 Å². The van der Waals surface area contributed by atoms with Gasteiger partial charge in [0.1, 0.15) is 18.0 Å². The summed E-state index contributed by atoms with van der Waals surface area (Å²) in [5, 5.41) is 15.7. The summed E-state index contributed by atoms with van der Waals surface area (Å²) in [5.41, 5.74) is 1.07. The number of nitrogens with one attached hydrogen (secondary N) is 1. The summed E-state index contributed by atoms with van der Waals surface area (Å²) in [7, 11) is 0. The molecular weight excluding hydrogens is 474 g/mol. The van der Waals surface area contributed by atoms with Crippen LogP contribution in [-0.4, -0.2) is 65.3 Å². The average molecular weight is 497 g/mol. The Kier molecular flexibility index (Phi) is 7.38. The Hall–Kier alpha value is -2.40. The Balaban J connectivity index is 1.81. The lowest BCUT2D eigenvalue weighted by atomic mass is 9.94. The summed E-state index contributed by atoms with van der Waals surface area (Å²) >= 11 is 7.70. The van der Waals surface area contributed by atoms with Crippen molar-refractivity contribution in [3.8, 4) is 0 Å². The van der Waals surface area contributed by atoms with Gasteiger partial charge in [0, 0.05) is 53.9 Å². The van der Waals surface area contributed by atoms with Gasteiger partial charge in [-0.25, -0.2) is 18.6 Å². The molecule has 1 aromatic carbocycles. The number of hydrogen-bond donors (Lipinski definition) is 2. The Labute approximate surface area is 198 Å². The number of alkyl halides is 1. The van der Waals surface area contributed by atoms with Crippen LogP contribution in [0.2, 0.25) is 5.02 Å². The first kappa shape index (κ1) is 23.7. The maximum Gasteiger partial charge on any atom is 0.338 e. The van der Waals surface area contributed by atoms with Crippen molar-refractivity contribution >= 4 is 34.7 Å². The largest absolute Gasteiger partial charge is 0.463 e. The van der Waals surface area contributed by atoms with Gasteiger partial charge in [-0.3, -0.25) is 9.89 Å². The number of nitrogens with zero attached hydrogens (tertiary/aromatic N) is 3. The van der Waals surface area contributed by atoms with E-state index < -0.39 is 30.1 Å². The van der Waals surface area contributed by atoms with Crippen molar-refractivity contribution in [3.63, 3.8) is 0 Å². The first-order valence-corrected chi connectivity index (χ1v) is 11.8. The Morgan fingerprint density at radius 1 is 1.42 bits per heavy atom. The van der Waals surface area contributed by atoms with Crippen molar-refractivity contribution in [3.05, 3.63) is 62.5 Å². The van der Waals surface area contributed by atoms with Crippen LogP contribution in [0, 0.1) is 5.82 Å². The highest BCUT2D eigenvalue weighted by Crippen LogP contribution is 2.37. The molecule has 0 amide bonds. The number of carbonyl (C=O) groups is 1. The lowest BCUT2D eigenvalue weighted by Crippen LogP contribution is -2.47. The SMILES string of the molecule is CCOC(=O)C1=C(CN2CC(O)CC(F)C2)NC(c2nccs2)=N[C@H]1c1ccc(F)cc1Cl. The van der Waals surface area contributed by atoms with E-state index in [0.717, 1.165) is 6.07 Å². The second kappa shape index (κ2) is 10.3. The minimum atomic E-state index is -1.18. The molecule has 0 spiro atoms. The first-order chi connectivity index (χ1) is 15.9. The van der Waals surface area contributed by atoms with Crippen molar-refractivity contribution in [1.29, 1.82) is 0 Å². The van der Waals surface area contributed by atoms with E-state index in [9.17, 15) is 18.7 Å². The van der Waals surface area contributed by atoms with Gasteiger partial charge in [0.05, 0.1) is 18.3 Å². The van der Waals surface area contributed by atoms with Crippen LogP contribution in [0.4, 0.5) is 8.78 Å². The van der Waals surface area contributed by atoms with Crippen molar-refractivity contribution in [1.82, 2.24) is 15.2 Å². The van der Waals surface area contributed by atoms with E-state index in [1.807, 2.05) is 0 Å². The molecule has 3 heterocycles. The van der Waals surface area contributed by atoms with E-state index >= 15 is 0 Å². The van der Waals surface area contributed by atoms with Crippen molar-refractivity contribution < 1.29 is 23.4 Å². The number of aliphatic hydroxyl groups is 1. The van der Waals surface area contributed by atoms with E-state index in [1.54, 1.807) is 23.4 Å². The van der Waals surface area contributed by atoms with E-state index in [0.29, 0.717) is 22.1 Å². The van der Waals surface area contributed by atoms with Gasteiger partial charge in [-0.15, -0.1) is 11.3 Å². The van der Waals surface area contributed by atoms with Crippen LogP contribution in [0.3, 0.4) is 0 Å². The number of halogens is 3. The van der Waals surface area contributed by atoms with Gasteiger partial charge in [-0.1, -0.05) is 17.7 Å². The number of piperidine rings is 1. The molecule has 1 saturated heterocycles. The number of carbonyl (C=O) groups excluding carboxylic acids is 1. The van der Waals surface area contributed by atoms with Gasteiger partial charge in [0.25, 0.3) is 0 Å². The number of aliphatic hydroxyl groups excluding tert-OH is 1.